The Kier molecular flexibility index (Phi) is 4.04. The third-order valence-electron chi connectivity index (χ3n) is 1.38. The van der Waals surface area contributed by atoms with Crippen LogP contribution in [-0.4, -0.2) is 28.8 Å². The molecule has 0 saturated heterocycles. The molecular formula is C7H11BrN2S. The Labute approximate surface area is 79.4 Å². The van der Waals surface area contributed by atoms with E-state index >= 15 is 0 Å². The average Bonchev–Trinajstić information content (AvgIpc) is 2.40. The molecule has 0 radical (unpaired) electrons. The van der Waals surface area contributed by atoms with Crippen LogP contribution in [0.5, 0.6) is 0 Å². The normalized spacial score (nSPS) is 10.8. The molecule has 0 aliphatic rings. The van der Waals surface area contributed by atoms with E-state index in [1.807, 2.05) is 5.51 Å². The first-order valence-corrected chi connectivity index (χ1v) is 5.51. The average molecular weight is 235 g/mol. The fraction of sp³-hybridized carbons (Fsp3) is 0.571. The smallest absolute Gasteiger partial charge is 0.0795 e. The van der Waals surface area contributed by atoms with Gasteiger partial charge in [0, 0.05) is 23.8 Å². The van der Waals surface area contributed by atoms with Gasteiger partial charge in [-0.25, -0.2) is 4.98 Å². The maximum Gasteiger partial charge on any atom is 0.0795 e. The van der Waals surface area contributed by atoms with Crippen molar-refractivity contribution in [1.82, 2.24) is 9.88 Å². The van der Waals surface area contributed by atoms with Crippen LogP contribution in [0.2, 0.25) is 0 Å². The molecule has 1 aromatic rings. The Morgan fingerprint density at radius 2 is 2.55 bits per heavy atom. The quantitative estimate of drug-likeness (QED) is 0.742. The van der Waals surface area contributed by atoms with Crippen LogP contribution in [0.25, 0.3) is 0 Å². The van der Waals surface area contributed by atoms with Crippen LogP contribution in [0.3, 0.4) is 0 Å². The largest absolute Gasteiger partial charge is 0.300 e. The van der Waals surface area contributed by atoms with Crippen LogP contribution >= 0.6 is 27.3 Å². The lowest BCUT2D eigenvalue weighted by molar-refractivity contribution is 0.346. The van der Waals surface area contributed by atoms with Crippen molar-refractivity contribution in [3.8, 4) is 0 Å². The van der Waals surface area contributed by atoms with Crippen LogP contribution in [-0.2, 0) is 6.54 Å². The lowest BCUT2D eigenvalue weighted by atomic mass is 10.4. The molecule has 0 unspecified atom stereocenters. The number of halogens is 1. The van der Waals surface area contributed by atoms with Gasteiger partial charge in [0.05, 0.1) is 11.2 Å². The molecule has 2 nitrogen and oxygen atoms in total. The number of alkyl halides is 1. The fourth-order valence-corrected chi connectivity index (χ4v) is 1.97. The van der Waals surface area contributed by atoms with Crippen molar-refractivity contribution >= 4 is 27.3 Å². The predicted molar refractivity (Wildman–Crippen MR) is 52.2 cm³/mol. The van der Waals surface area contributed by atoms with E-state index in [-0.39, 0.29) is 0 Å². The summed E-state index contributed by atoms with van der Waals surface area (Å²) >= 11 is 5.04. The standard InChI is InChI=1S/C7H11BrN2S/c1-10(3-2-8)4-7-5-11-6-9-7/h5-6H,2-4H2,1H3. The van der Waals surface area contributed by atoms with E-state index in [0.29, 0.717) is 0 Å². The summed E-state index contributed by atoms with van der Waals surface area (Å²) in [6.45, 7) is 2.02. The first-order valence-electron chi connectivity index (χ1n) is 3.44. The van der Waals surface area contributed by atoms with E-state index in [9.17, 15) is 0 Å². The van der Waals surface area contributed by atoms with Gasteiger partial charge >= 0.3 is 0 Å². The molecule has 0 saturated carbocycles. The summed E-state index contributed by atoms with van der Waals surface area (Å²) in [6, 6.07) is 0. The summed E-state index contributed by atoms with van der Waals surface area (Å²) in [5.41, 5.74) is 3.04. The Balaban J connectivity index is 2.31. The van der Waals surface area contributed by atoms with E-state index in [1.54, 1.807) is 11.3 Å². The van der Waals surface area contributed by atoms with E-state index in [1.165, 1.54) is 5.69 Å². The van der Waals surface area contributed by atoms with Gasteiger partial charge in [0.25, 0.3) is 0 Å². The molecule has 4 heteroatoms. The SMILES string of the molecule is CN(CCBr)Cc1cscn1. The summed E-state index contributed by atoms with van der Waals surface area (Å²) < 4.78 is 0. The number of thiazole rings is 1. The van der Waals surface area contributed by atoms with Crippen molar-refractivity contribution in [3.63, 3.8) is 0 Å². The zero-order chi connectivity index (χ0) is 8.10. The van der Waals surface area contributed by atoms with Gasteiger partial charge < -0.3 is 0 Å². The zero-order valence-corrected chi connectivity index (χ0v) is 8.86. The van der Waals surface area contributed by atoms with Crippen molar-refractivity contribution in [2.24, 2.45) is 0 Å². The summed E-state index contributed by atoms with van der Waals surface area (Å²) in [7, 11) is 2.10. The minimum absolute atomic E-state index is 0.953. The van der Waals surface area contributed by atoms with Gasteiger partial charge in [0.1, 0.15) is 0 Å². The molecule has 1 rings (SSSR count). The van der Waals surface area contributed by atoms with Crippen LogP contribution < -0.4 is 0 Å². The highest BCUT2D eigenvalue weighted by Crippen LogP contribution is 2.03. The van der Waals surface area contributed by atoms with E-state index < -0.39 is 0 Å². The Hall–Kier alpha value is 0.0700. The lowest BCUT2D eigenvalue weighted by Crippen LogP contribution is -2.19. The molecule has 0 bridgehead atoms. The van der Waals surface area contributed by atoms with Gasteiger partial charge in [-0.1, -0.05) is 15.9 Å². The second kappa shape index (κ2) is 4.85. The zero-order valence-electron chi connectivity index (χ0n) is 6.46. The molecule has 1 heterocycles. The van der Waals surface area contributed by atoms with Crippen LogP contribution in [0.4, 0.5) is 0 Å². The van der Waals surface area contributed by atoms with Gasteiger partial charge in [0.15, 0.2) is 0 Å². The molecule has 0 fully saturated rings. The molecule has 0 atom stereocenters. The van der Waals surface area contributed by atoms with Crippen LogP contribution in [0.1, 0.15) is 5.69 Å². The van der Waals surface area contributed by atoms with Crippen molar-refractivity contribution in [3.05, 3.63) is 16.6 Å². The molecule has 1 aromatic heterocycles. The highest BCUT2D eigenvalue weighted by Gasteiger charge is 1.99. The number of hydrogen-bond acceptors (Lipinski definition) is 3. The molecule has 0 aliphatic heterocycles. The molecule has 0 aliphatic carbocycles. The summed E-state index contributed by atoms with van der Waals surface area (Å²) in [5.74, 6) is 0. The van der Waals surface area contributed by atoms with Crippen LogP contribution in [0, 0.1) is 0 Å². The topological polar surface area (TPSA) is 16.1 Å². The summed E-state index contributed by atoms with van der Waals surface area (Å²) in [5, 5.41) is 3.11. The van der Waals surface area contributed by atoms with Gasteiger partial charge in [-0.3, -0.25) is 4.90 Å². The highest BCUT2D eigenvalue weighted by atomic mass is 79.9. The van der Waals surface area contributed by atoms with Gasteiger partial charge in [-0.15, -0.1) is 11.3 Å². The van der Waals surface area contributed by atoms with Gasteiger partial charge in [-0.2, -0.15) is 0 Å². The summed E-state index contributed by atoms with van der Waals surface area (Å²) in [4.78, 5) is 6.44. The monoisotopic (exact) mass is 234 g/mol. The second-order valence-corrected chi connectivity index (χ2v) is 3.92. The van der Waals surface area contributed by atoms with E-state index in [4.69, 9.17) is 0 Å². The first-order chi connectivity index (χ1) is 5.33. The second-order valence-electron chi connectivity index (χ2n) is 2.41. The molecule has 0 amide bonds. The minimum atomic E-state index is 0.953. The molecule has 11 heavy (non-hydrogen) atoms. The molecule has 0 aromatic carbocycles. The van der Waals surface area contributed by atoms with Crippen molar-refractivity contribution in [1.29, 1.82) is 0 Å². The number of aromatic nitrogens is 1. The lowest BCUT2D eigenvalue weighted by Gasteiger charge is -2.12. The maximum absolute atomic E-state index is 4.20. The Bertz CT molecular complexity index is 188. The highest BCUT2D eigenvalue weighted by molar-refractivity contribution is 9.09. The first kappa shape index (κ1) is 9.16. The fourth-order valence-electron chi connectivity index (χ4n) is 0.815. The molecule has 0 spiro atoms. The predicted octanol–water partition coefficient (Wildman–Crippen LogP) is 1.97. The minimum Gasteiger partial charge on any atom is -0.300 e. The Morgan fingerprint density at radius 1 is 1.73 bits per heavy atom. The van der Waals surface area contributed by atoms with Gasteiger partial charge in [0.2, 0.25) is 0 Å². The Morgan fingerprint density at radius 3 is 3.09 bits per heavy atom. The van der Waals surface area contributed by atoms with Crippen molar-refractivity contribution in [2.75, 3.05) is 18.9 Å². The number of nitrogens with zero attached hydrogens (tertiary/aromatic N) is 2. The third kappa shape index (κ3) is 3.31. The van der Waals surface area contributed by atoms with E-state index in [2.05, 4.69) is 38.2 Å². The van der Waals surface area contributed by atoms with Crippen molar-refractivity contribution in [2.45, 2.75) is 6.54 Å². The molecule has 0 N–H and O–H groups in total. The third-order valence-corrected chi connectivity index (χ3v) is 2.37. The number of rotatable bonds is 4. The van der Waals surface area contributed by atoms with Crippen molar-refractivity contribution < 1.29 is 0 Å². The number of hydrogen-bond donors (Lipinski definition) is 0. The van der Waals surface area contributed by atoms with Crippen LogP contribution in [0.15, 0.2) is 10.9 Å². The van der Waals surface area contributed by atoms with Gasteiger partial charge in [-0.05, 0) is 7.05 Å². The summed E-state index contributed by atoms with van der Waals surface area (Å²) in [6.07, 6.45) is 0. The maximum atomic E-state index is 4.20. The molecule has 62 valence electrons. The van der Waals surface area contributed by atoms with E-state index in [0.717, 1.165) is 18.4 Å². The molecular weight excluding hydrogens is 224 g/mol.